The Balaban J connectivity index is 2.40. The molecule has 1 saturated heterocycles. The number of halogens is 1. The van der Waals surface area contributed by atoms with Crippen LogP contribution in [-0.4, -0.2) is 30.6 Å². The topological polar surface area (TPSA) is 3.01 Å². The average molecular weight is 102 g/mol. The number of alkyl halides is 1. The monoisotopic (exact) mass is 102 g/mol. The molecule has 0 bridgehead atoms. The van der Waals surface area contributed by atoms with Gasteiger partial charge in [0.25, 0.3) is 0 Å². The van der Waals surface area contributed by atoms with Gasteiger partial charge in [-0.25, -0.2) is 8.97 Å². The van der Waals surface area contributed by atoms with Crippen molar-refractivity contribution in [2.45, 2.75) is 12.6 Å². The summed E-state index contributed by atoms with van der Waals surface area (Å²) >= 11 is 0. The summed E-state index contributed by atoms with van der Waals surface area (Å²) in [6, 6.07) is 0. The van der Waals surface area contributed by atoms with Crippen LogP contribution in [0.25, 0.3) is 0 Å². The van der Waals surface area contributed by atoms with E-state index >= 15 is 0 Å². The van der Waals surface area contributed by atoms with Crippen LogP contribution in [0.2, 0.25) is 0 Å². The van der Waals surface area contributed by atoms with Crippen molar-refractivity contribution in [1.29, 1.82) is 0 Å². The van der Waals surface area contributed by atoms with Gasteiger partial charge >= 0.3 is 0 Å². The van der Waals surface area contributed by atoms with Crippen LogP contribution in [0.4, 0.5) is 4.39 Å². The van der Waals surface area contributed by atoms with Gasteiger partial charge in [-0.3, -0.25) is 0 Å². The first-order chi connectivity index (χ1) is 3.29. The molecule has 0 aromatic carbocycles. The van der Waals surface area contributed by atoms with Crippen molar-refractivity contribution in [2.75, 3.05) is 13.1 Å². The van der Waals surface area contributed by atoms with E-state index in [2.05, 4.69) is 6.72 Å². The molecule has 0 aromatic heterocycles. The van der Waals surface area contributed by atoms with E-state index in [1.165, 1.54) is 0 Å². The summed E-state index contributed by atoms with van der Waals surface area (Å²) in [4.78, 5) is 0. The van der Waals surface area contributed by atoms with Crippen molar-refractivity contribution in [3.63, 3.8) is 0 Å². The van der Waals surface area contributed by atoms with E-state index in [-0.39, 0.29) is 0 Å². The summed E-state index contributed by atoms with van der Waals surface area (Å²) in [6.45, 7) is 4.93. The minimum absolute atomic E-state index is 0.528. The molecule has 0 aliphatic carbocycles. The largest absolute Gasteiger partial charge is 0.240 e. The van der Waals surface area contributed by atoms with E-state index in [0.717, 1.165) is 6.54 Å². The molecule has 7 heavy (non-hydrogen) atoms. The Morgan fingerprint density at radius 2 is 2.43 bits per heavy atom. The van der Waals surface area contributed by atoms with Gasteiger partial charge < -0.3 is 0 Å². The number of nitrogens with zero attached hydrogens (tertiary/aromatic N) is 1. The van der Waals surface area contributed by atoms with E-state index in [0.29, 0.717) is 13.0 Å². The molecule has 1 heterocycles. The van der Waals surface area contributed by atoms with Crippen LogP contribution >= 0.6 is 0 Å². The average Bonchev–Trinajstić information content (AvgIpc) is 1.87. The zero-order valence-corrected chi connectivity index (χ0v) is 4.23. The van der Waals surface area contributed by atoms with Gasteiger partial charge in [-0.2, -0.15) is 0 Å². The molecule has 40 valence electrons. The Labute approximate surface area is 42.5 Å². The molecule has 2 heteroatoms. The second-order valence-corrected chi connectivity index (χ2v) is 1.96. The smallest absolute Gasteiger partial charge is 0.173 e. The third kappa shape index (κ3) is 0.981. The quantitative estimate of drug-likeness (QED) is 0.390. The summed E-state index contributed by atoms with van der Waals surface area (Å²) in [6.07, 6.45) is 0.0567. The fraction of sp³-hybridized carbons (Fsp3) is 0.800. The number of hydrogen-bond acceptors (Lipinski definition) is 0. The first kappa shape index (κ1) is 4.75. The second kappa shape index (κ2) is 1.60. The highest BCUT2D eigenvalue weighted by Gasteiger charge is 2.21. The normalized spacial score (nSPS) is 31.6. The minimum Gasteiger partial charge on any atom is -0.240 e. The SMILES string of the molecule is C=[N+]1CCC(F)C1. The molecule has 0 aromatic rings. The van der Waals surface area contributed by atoms with Crippen molar-refractivity contribution in [3.8, 4) is 0 Å². The molecule has 0 saturated carbocycles. The molecule has 0 radical (unpaired) electrons. The first-order valence-electron chi connectivity index (χ1n) is 2.48. The fourth-order valence-corrected chi connectivity index (χ4v) is 0.785. The Morgan fingerprint density at radius 1 is 1.71 bits per heavy atom. The standard InChI is InChI=1S/C5H9FN/c1-7-3-2-5(6)4-7/h5H,1-4H2/q+1. The lowest BCUT2D eigenvalue weighted by Crippen LogP contribution is -2.05. The molecule has 1 rings (SSSR count). The van der Waals surface area contributed by atoms with Gasteiger partial charge in [-0.05, 0) is 0 Å². The molecule has 0 spiro atoms. The number of rotatable bonds is 0. The Kier molecular flexibility index (Phi) is 1.09. The van der Waals surface area contributed by atoms with Crippen molar-refractivity contribution in [3.05, 3.63) is 0 Å². The van der Waals surface area contributed by atoms with Gasteiger partial charge in [0.1, 0.15) is 13.3 Å². The fourth-order valence-electron chi connectivity index (χ4n) is 0.785. The molecular formula is C5H9FN+. The van der Waals surface area contributed by atoms with Crippen LogP contribution in [0.5, 0.6) is 0 Å². The lowest BCUT2D eigenvalue weighted by Gasteiger charge is -1.82. The van der Waals surface area contributed by atoms with Crippen LogP contribution in [0, 0.1) is 0 Å². The minimum atomic E-state index is -0.613. The van der Waals surface area contributed by atoms with E-state index in [4.69, 9.17) is 0 Å². The van der Waals surface area contributed by atoms with Crippen molar-refractivity contribution in [2.24, 2.45) is 0 Å². The highest BCUT2D eigenvalue weighted by Crippen LogP contribution is 2.05. The first-order valence-corrected chi connectivity index (χ1v) is 2.48. The van der Waals surface area contributed by atoms with Gasteiger partial charge in [-0.1, -0.05) is 0 Å². The maximum Gasteiger partial charge on any atom is 0.173 e. The summed E-state index contributed by atoms with van der Waals surface area (Å²) in [7, 11) is 0. The van der Waals surface area contributed by atoms with Crippen LogP contribution in [0.1, 0.15) is 6.42 Å². The third-order valence-corrected chi connectivity index (χ3v) is 1.21. The molecule has 1 nitrogen and oxygen atoms in total. The predicted molar refractivity (Wildman–Crippen MR) is 26.6 cm³/mol. The predicted octanol–water partition coefficient (Wildman–Crippen LogP) is 0.441. The van der Waals surface area contributed by atoms with E-state index < -0.39 is 6.17 Å². The zero-order chi connectivity index (χ0) is 5.28. The highest BCUT2D eigenvalue weighted by molar-refractivity contribution is 5.14. The van der Waals surface area contributed by atoms with Crippen molar-refractivity contribution in [1.82, 2.24) is 0 Å². The molecule has 1 aliphatic heterocycles. The molecule has 1 unspecified atom stereocenters. The molecule has 1 fully saturated rings. The molecule has 0 N–H and O–H groups in total. The highest BCUT2D eigenvalue weighted by atomic mass is 19.1. The van der Waals surface area contributed by atoms with Gasteiger partial charge in [0.15, 0.2) is 12.7 Å². The van der Waals surface area contributed by atoms with Gasteiger partial charge in [0, 0.05) is 6.42 Å². The molecule has 0 amide bonds. The van der Waals surface area contributed by atoms with Gasteiger partial charge in [0.05, 0.1) is 0 Å². The summed E-state index contributed by atoms with van der Waals surface area (Å²) in [5.74, 6) is 0. The second-order valence-electron chi connectivity index (χ2n) is 1.96. The Hall–Kier alpha value is -0.400. The van der Waals surface area contributed by atoms with Crippen LogP contribution in [0.3, 0.4) is 0 Å². The van der Waals surface area contributed by atoms with Gasteiger partial charge in [0.2, 0.25) is 0 Å². The van der Waals surface area contributed by atoms with Crippen molar-refractivity contribution >= 4 is 6.72 Å². The van der Waals surface area contributed by atoms with Crippen LogP contribution < -0.4 is 0 Å². The molecule has 1 aliphatic rings. The van der Waals surface area contributed by atoms with Crippen molar-refractivity contribution < 1.29 is 8.97 Å². The Bertz CT molecular complexity index is 90.1. The summed E-state index contributed by atoms with van der Waals surface area (Å²) in [5.41, 5.74) is 0. The maximum atomic E-state index is 12.1. The van der Waals surface area contributed by atoms with E-state index in [1.807, 2.05) is 0 Å². The Morgan fingerprint density at radius 3 is 2.57 bits per heavy atom. The number of hydrogen-bond donors (Lipinski definition) is 0. The van der Waals surface area contributed by atoms with Gasteiger partial charge in [-0.15, -0.1) is 0 Å². The summed E-state index contributed by atoms with van der Waals surface area (Å²) < 4.78 is 13.8. The molecule has 1 atom stereocenters. The lowest BCUT2D eigenvalue weighted by atomic mass is 10.4. The van der Waals surface area contributed by atoms with Crippen LogP contribution in [-0.2, 0) is 0 Å². The lowest BCUT2D eigenvalue weighted by molar-refractivity contribution is -0.499. The summed E-state index contributed by atoms with van der Waals surface area (Å²) in [5, 5.41) is 0. The van der Waals surface area contributed by atoms with E-state index in [9.17, 15) is 4.39 Å². The molecular weight excluding hydrogens is 93.1 g/mol. The zero-order valence-electron chi connectivity index (χ0n) is 4.23. The van der Waals surface area contributed by atoms with E-state index in [1.54, 1.807) is 4.58 Å². The maximum absolute atomic E-state index is 12.1. The third-order valence-electron chi connectivity index (χ3n) is 1.21. The van der Waals surface area contributed by atoms with Crippen LogP contribution in [0.15, 0.2) is 0 Å².